The Bertz CT molecular complexity index is 875. The molecule has 0 heterocycles. The quantitative estimate of drug-likeness (QED) is 0.643. The summed E-state index contributed by atoms with van der Waals surface area (Å²) in [4.78, 5) is 15.1. The summed E-state index contributed by atoms with van der Waals surface area (Å²) < 4.78 is 0. The Balaban J connectivity index is 1.67. The molecule has 3 nitrogen and oxygen atoms in total. The standard InChI is InChI=1S/C25H28N2O/c1-27(2)23(18-21-13-7-4-8-14-21)19-26-25(28)24-16-10-9-15-22(24)17-20-11-5-3-6-12-20/h3-16,23H,17-19H2,1-2H3,(H,26,28)/t23-/m1/s1. The molecule has 3 aromatic carbocycles. The Hall–Kier alpha value is -2.91. The summed E-state index contributed by atoms with van der Waals surface area (Å²) in [6.07, 6.45) is 1.66. The first-order valence-corrected chi connectivity index (χ1v) is 9.74. The van der Waals surface area contributed by atoms with Crippen molar-refractivity contribution < 1.29 is 4.79 Å². The van der Waals surface area contributed by atoms with Crippen LogP contribution < -0.4 is 5.32 Å². The highest BCUT2D eigenvalue weighted by molar-refractivity contribution is 5.95. The van der Waals surface area contributed by atoms with Crippen molar-refractivity contribution in [3.8, 4) is 0 Å². The second-order valence-electron chi connectivity index (χ2n) is 7.34. The van der Waals surface area contributed by atoms with Crippen molar-refractivity contribution in [3.05, 3.63) is 107 Å². The highest BCUT2D eigenvalue weighted by atomic mass is 16.1. The van der Waals surface area contributed by atoms with Gasteiger partial charge in [-0.05, 0) is 49.7 Å². The van der Waals surface area contributed by atoms with E-state index in [1.807, 2.05) is 48.5 Å². The fourth-order valence-corrected chi connectivity index (χ4v) is 3.34. The van der Waals surface area contributed by atoms with Crippen LogP contribution in [0.1, 0.15) is 27.0 Å². The van der Waals surface area contributed by atoms with Gasteiger partial charge in [0.05, 0.1) is 0 Å². The van der Waals surface area contributed by atoms with Gasteiger partial charge in [0.25, 0.3) is 5.91 Å². The zero-order chi connectivity index (χ0) is 19.8. The molecule has 1 atom stereocenters. The number of likely N-dealkylation sites (N-methyl/N-ethyl adjacent to an activating group) is 1. The van der Waals surface area contributed by atoms with Crippen molar-refractivity contribution in [2.24, 2.45) is 0 Å². The van der Waals surface area contributed by atoms with E-state index < -0.39 is 0 Å². The minimum atomic E-state index is -0.00792. The van der Waals surface area contributed by atoms with Crippen molar-refractivity contribution >= 4 is 5.91 Å². The molecule has 0 bridgehead atoms. The largest absolute Gasteiger partial charge is 0.350 e. The molecular formula is C25H28N2O. The highest BCUT2D eigenvalue weighted by Crippen LogP contribution is 2.15. The van der Waals surface area contributed by atoms with Gasteiger partial charge in [-0.3, -0.25) is 4.79 Å². The molecule has 0 fully saturated rings. The average molecular weight is 373 g/mol. The lowest BCUT2D eigenvalue weighted by Gasteiger charge is -2.25. The van der Waals surface area contributed by atoms with Crippen LogP contribution in [0.4, 0.5) is 0 Å². The number of hydrogen-bond donors (Lipinski definition) is 1. The summed E-state index contributed by atoms with van der Waals surface area (Å²) in [7, 11) is 4.12. The van der Waals surface area contributed by atoms with Crippen LogP contribution in [-0.4, -0.2) is 37.5 Å². The van der Waals surface area contributed by atoms with Crippen LogP contribution in [0.25, 0.3) is 0 Å². The van der Waals surface area contributed by atoms with Crippen molar-refractivity contribution in [1.82, 2.24) is 10.2 Å². The SMILES string of the molecule is CN(C)[C@@H](CNC(=O)c1ccccc1Cc1ccccc1)Cc1ccccc1. The number of rotatable bonds is 8. The summed E-state index contributed by atoms with van der Waals surface area (Å²) >= 11 is 0. The van der Waals surface area contributed by atoms with E-state index in [9.17, 15) is 4.79 Å². The number of nitrogens with zero attached hydrogens (tertiary/aromatic N) is 1. The molecule has 3 heteroatoms. The van der Waals surface area contributed by atoms with Crippen molar-refractivity contribution in [1.29, 1.82) is 0 Å². The molecule has 28 heavy (non-hydrogen) atoms. The first kappa shape index (κ1) is 19.8. The molecule has 0 aliphatic rings. The summed E-state index contributed by atoms with van der Waals surface area (Å²) in [5.74, 6) is -0.00792. The third-order valence-electron chi connectivity index (χ3n) is 5.04. The van der Waals surface area contributed by atoms with Crippen molar-refractivity contribution in [2.75, 3.05) is 20.6 Å². The lowest BCUT2D eigenvalue weighted by Crippen LogP contribution is -2.41. The molecule has 1 N–H and O–H groups in total. The average Bonchev–Trinajstić information content (AvgIpc) is 2.72. The van der Waals surface area contributed by atoms with Gasteiger partial charge in [0.15, 0.2) is 0 Å². The fraction of sp³-hybridized carbons (Fsp3) is 0.240. The smallest absolute Gasteiger partial charge is 0.251 e. The van der Waals surface area contributed by atoms with E-state index in [1.165, 1.54) is 11.1 Å². The highest BCUT2D eigenvalue weighted by Gasteiger charge is 2.16. The Labute approximate surface area is 168 Å². The van der Waals surface area contributed by atoms with Gasteiger partial charge in [0, 0.05) is 18.2 Å². The van der Waals surface area contributed by atoms with Crippen molar-refractivity contribution in [2.45, 2.75) is 18.9 Å². The second-order valence-corrected chi connectivity index (χ2v) is 7.34. The van der Waals surface area contributed by atoms with Crippen LogP contribution in [0.2, 0.25) is 0 Å². The van der Waals surface area contributed by atoms with Gasteiger partial charge in [0.2, 0.25) is 0 Å². The molecule has 0 aliphatic heterocycles. The molecule has 0 saturated heterocycles. The van der Waals surface area contributed by atoms with E-state index in [0.29, 0.717) is 6.54 Å². The number of amides is 1. The summed E-state index contributed by atoms with van der Waals surface area (Å²) in [6, 6.07) is 28.8. The number of carbonyl (C=O) groups excluding carboxylic acids is 1. The molecule has 0 saturated carbocycles. The predicted octanol–water partition coefficient (Wildman–Crippen LogP) is 4.18. The number of hydrogen-bond acceptors (Lipinski definition) is 2. The summed E-state index contributed by atoms with van der Waals surface area (Å²) in [5, 5.41) is 3.15. The van der Waals surface area contributed by atoms with Crippen LogP contribution in [0.15, 0.2) is 84.9 Å². The number of carbonyl (C=O) groups is 1. The molecule has 3 aromatic rings. The molecule has 0 spiro atoms. The number of nitrogens with one attached hydrogen (secondary N) is 1. The molecular weight excluding hydrogens is 344 g/mol. The third-order valence-corrected chi connectivity index (χ3v) is 5.04. The maximum Gasteiger partial charge on any atom is 0.251 e. The van der Waals surface area contributed by atoms with Crippen LogP contribution >= 0.6 is 0 Å². The van der Waals surface area contributed by atoms with Gasteiger partial charge >= 0.3 is 0 Å². The summed E-state index contributed by atoms with van der Waals surface area (Å²) in [5.41, 5.74) is 4.29. The molecule has 0 aliphatic carbocycles. The minimum Gasteiger partial charge on any atom is -0.350 e. The molecule has 0 radical (unpaired) electrons. The van der Waals surface area contributed by atoms with Crippen LogP contribution in [-0.2, 0) is 12.8 Å². The van der Waals surface area contributed by atoms with Crippen LogP contribution in [0.3, 0.4) is 0 Å². The van der Waals surface area contributed by atoms with E-state index in [1.54, 1.807) is 0 Å². The summed E-state index contributed by atoms with van der Waals surface area (Å²) in [6.45, 7) is 0.612. The number of benzene rings is 3. The van der Waals surface area contributed by atoms with Gasteiger partial charge in [-0.15, -0.1) is 0 Å². The Morgan fingerprint density at radius 1 is 0.821 bits per heavy atom. The van der Waals surface area contributed by atoms with Crippen LogP contribution in [0, 0.1) is 0 Å². The van der Waals surface area contributed by atoms with Gasteiger partial charge in [0.1, 0.15) is 0 Å². The molecule has 144 valence electrons. The molecule has 3 rings (SSSR count). The van der Waals surface area contributed by atoms with E-state index in [2.05, 4.69) is 60.7 Å². The maximum atomic E-state index is 12.9. The molecule has 0 aromatic heterocycles. The lowest BCUT2D eigenvalue weighted by molar-refractivity contribution is 0.0941. The van der Waals surface area contributed by atoms with E-state index >= 15 is 0 Å². The predicted molar refractivity (Wildman–Crippen MR) is 116 cm³/mol. The monoisotopic (exact) mass is 372 g/mol. The molecule has 0 unspecified atom stereocenters. The van der Waals surface area contributed by atoms with Crippen LogP contribution in [0.5, 0.6) is 0 Å². The first-order valence-electron chi connectivity index (χ1n) is 9.74. The van der Waals surface area contributed by atoms with E-state index in [0.717, 1.165) is 24.0 Å². The van der Waals surface area contributed by atoms with Gasteiger partial charge < -0.3 is 10.2 Å². The third kappa shape index (κ3) is 5.54. The van der Waals surface area contributed by atoms with E-state index in [4.69, 9.17) is 0 Å². The fourth-order valence-electron chi connectivity index (χ4n) is 3.34. The Kier molecular flexibility index (Phi) is 6.99. The van der Waals surface area contributed by atoms with Crippen molar-refractivity contribution in [3.63, 3.8) is 0 Å². The Morgan fingerprint density at radius 2 is 1.39 bits per heavy atom. The Morgan fingerprint density at radius 3 is 2.04 bits per heavy atom. The van der Waals surface area contributed by atoms with Gasteiger partial charge in [-0.1, -0.05) is 78.9 Å². The zero-order valence-electron chi connectivity index (χ0n) is 16.6. The maximum absolute atomic E-state index is 12.9. The topological polar surface area (TPSA) is 32.3 Å². The first-order chi connectivity index (χ1) is 13.6. The van der Waals surface area contributed by atoms with Gasteiger partial charge in [-0.2, -0.15) is 0 Å². The van der Waals surface area contributed by atoms with Gasteiger partial charge in [-0.25, -0.2) is 0 Å². The van der Waals surface area contributed by atoms with E-state index in [-0.39, 0.29) is 11.9 Å². The second kappa shape index (κ2) is 9.86. The normalized spacial score (nSPS) is 12.0. The lowest BCUT2D eigenvalue weighted by atomic mass is 9.99. The molecule has 1 amide bonds. The zero-order valence-corrected chi connectivity index (χ0v) is 16.6. The minimum absolute atomic E-state index is 0.00792.